The minimum atomic E-state index is -0.269. The highest BCUT2D eigenvalue weighted by molar-refractivity contribution is 5.58. The van der Waals surface area contributed by atoms with Gasteiger partial charge in [0.1, 0.15) is 11.6 Å². The number of aromatic nitrogens is 2. The van der Waals surface area contributed by atoms with Crippen molar-refractivity contribution in [2.24, 2.45) is 5.73 Å². The molecule has 0 aliphatic rings. The average Bonchev–Trinajstić information content (AvgIpc) is 2.38. The van der Waals surface area contributed by atoms with Gasteiger partial charge in [-0.3, -0.25) is 0 Å². The van der Waals surface area contributed by atoms with Gasteiger partial charge in [0.25, 0.3) is 0 Å². The topological polar surface area (TPSA) is 51.8 Å². The molecule has 0 aliphatic heterocycles. The maximum atomic E-state index is 13.1. The summed E-state index contributed by atoms with van der Waals surface area (Å²) in [7, 11) is 0. The summed E-state index contributed by atoms with van der Waals surface area (Å²) in [5.74, 6) is 0.521. The first kappa shape index (κ1) is 11.7. The molecule has 88 valence electrons. The average molecular weight is 231 g/mol. The number of hydrogen-bond donors (Lipinski definition) is 1. The molecule has 1 atom stereocenters. The Bertz CT molecular complexity index is 514. The highest BCUT2D eigenvalue weighted by Gasteiger charge is 2.08. The molecule has 0 spiro atoms. The number of nitrogens with two attached hydrogens (primary N) is 1. The summed E-state index contributed by atoms with van der Waals surface area (Å²) in [6.07, 6.45) is 1.68. The molecule has 1 heterocycles. The molecule has 0 aliphatic carbocycles. The highest BCUT2D eigenvalue weighted by atomic mass is 19.1. The monoisotopic (exact) mass is 231 g/mol. The largest absolute Gasteiger partial charge is 0.330 e. The van der Waals surface area contributed by atoms with Crippen LogP contribution < -0.4 is 5.73 Å². The van der Waals surface area contributed by atoms with E-state index in [1.54, 1.807) is 18.3 Å². The quantitative estimate of drug-likeness (QED) is 0.882. The lowest BCUT2D eigenvalue weighted by atomic mass is 10.1. The van der Waals surface area contributed by atoms with Gasteiger partial charge < -0.3 is 5.73 Å². The maximum absolute atomic E-state index is 13.1. The zero-order valence-electron chi connectivity index (χ0n) is 9.60. The first-order valence-electron chi connectivity index (χ1n) is 5.49. The SMILES string of the molecule is CC(CN)c1nccc(-c2cccc(F)c2)n1. The van der Waals surface area contributed by atoms with Crippen LogP contribution in [0.3, 0.4) is 0 Å². The lowest BCUT2D eigenvalue weighted by Crippen LogP contribution is -2.12. The van der Waals surface area contributed by atoms with Gasteiger partial charge in [-0.15, -0.1) is 0 Å². The Morgan fingerprint density at radius 3 is 2.88 bits per heavy atom. The van der Waals surface area contributed by atoms with Crippen molar-refractivity contribution in [3.63, 3.8) is 0 Å². The van der Waals surface area contributed by atoms with E-state index in [9.17, 15) is 4.39 Å². The van der Waals surface area contributed by atoms with E-state index in [2.05, 4.69) is 9.97 Å². The van der Waals surface area contributed by atoms with E-state index in [0.29, 0.717) is 12.4 Å². The van der Waals surface area contributed by atoms with Crippen LogP contribution in [0.25, 0.3) is 11.3 Å². The Hall–Kier alpha value is -1.81. The first-order chi connectivity index (χ1) is 8.20. The summed E-state index contributed by atoms with van der Waals surface area (Å²) in [6, 6.07) is 8.12. The molecule has 3 nitrogen and oxygen atoms in total. The molecule has 0 amide bonds. The molecule has 2 aromatic rings. The maximum Gasteiger partial charge on any atom is 0.133 e. The Kier molecular flexibility index (Phi) is 3.44. The molecule has 0 radical (unpaired) electrons. The predicted octanol–water partition coefficient (Wildman–Crippen LogP) is 2.34. The molecule has 0 bridgehead atoms. The molecule has 17 heavy (non-hydrogen) atoms. The number of halogens is 1. The van der Waals surface area contributed by atoms with Crippen LogP contribution in [-0.2, 0) is 0 Å². The van der Waals surface area contributed by atoms with E-state index in [4.69, 9.17) is 5.73 Å². The van der Waals surface area contributed by atoms with Crippen molar-refractivity contribution < 1.29 is 4.39 Å². The van der Waals surface area contributed by atoms with Gasteiger partial charge in [-0.25, -0.2) is 14.4 Å². The van der Waals surface area contributed by atoms with E-state index in [1.165, 1.54) is 12.1 Å². The highest BCUT2D eigenvalue weighted by Crippen LogP contribution is 2.19. The molecule has 4 heteroatoms. The predicted molar refractivity (Wildman–Crippen MR) is 64.9 cm³/mol. The molecule has 1 aromatic carbocycles. The molecular weight excluding hydrogens is 217 g/mol. The van der Waals surface area contributed by atoms with E-state index in [1.807, 2.05) is 13.0 Å². The van der Waals surface area contributed by atoms with Crippen molar-refractivity contribution in [2.75, 3.05) is 6.54 Å². The number of benzene rings is 1. The molecular formula is C13H14FN3. The molecule has 2 N–H and O–H groups in total. The standard InChI is InChI=1S/C13H14FN3/c1-9(8-15)13-16-6-5-12(17-13)10-3-2-4-11(14)7-10/h2-7,9H,8,15H2,1H3. The minimum Gasteiger partial charge on any atom is -0.330 e. The van der Waals surface area contributed by atoms with Crippen LogP contribution in [-0.4, -0.2) is 16.5 Å². The van der Waals surface area contributed by atoms with Crippen LogP contribution in [0.2, 0.25) is 0 Å². The number of hydrogen-bond acceptors (Lipinski definition) is 3. The smallest absolute Gasteiger partial charge is 0.133 e. The Morgan fingerprint density at radius 2 is 2.18 bits per heavy atom. The van der Waals surface area contributed by atoms with Gasteiger partial charge in [0.05, 0.1) is 5.69 Å². The second-order valence-electron chi connectivity index (χ2n) is 3.95. The van der Waals surface area contributed by atoms with Gasteiger partial charge in [-0.1, -0.05) is 19.1 Å². The van der Waals surface area contributed by atoms with Crippen LogP contribution in [0.5, 0.6) is 0 Å². The van der Waals surface area contributed by atoms with Gasteiger partial charge in [-0.05, 0) is 18.2 Å². The number of nitrogens with zero attached hydrogens (tertiary/aromatic N) is 2. The summed E-state index contributed by atoms with van der Waals surface area (Å²) in [5.41, 5.74) is 7.04. The lowest BCUT2D eigenvalue weighted by molar-refractivity contribution is 0.628. The van der Waals surface area contributed by atoms with Crippen molar-refractivity contribution in [3.05, 3.63) is 48.2 Å². The fourth-order valence-corrected chi connectivity index (χ4v) is 1.53. The summed E-state index contributed by atoms with van der Waals surface area (Å²) >= 11 is 0. The Balaban J connectivity index is 2.39. The fourth-order valence-electron chi connectivity index (χ4n) is 1.53. The van der Waals surface area contributed by atoms with Crippen LogP contribution in [0.15, 0.2) is 36.5 Å². The van der Waals surface area contributed by atoms with E-state index in [0.717, 1.165) is 11.3 Å². The normalized spacial score (nSPS) is 12.4. The molecule has 0 saturated heterocycles. The lowest BCUT2D eigenvalue weighted by Gasteiger charge is -2.08. The van der Waals surface area contributed by atoms with Crippen molar-refractivity contribution in [3.8, 4) is 11.3 Å². The third-order valence-electron chi connectivity index (χ3n) is 2.59. The fraction of sp³-hybridized carbons (Fsp3) is 0.231. The van der Waals surface area contributed by atoms with Crippen molar-refractivity contribution in [1.82, 2.24) is 9.97 Å². The van der Waals surface area contributed by atoms with Gasteiger partial charge in [-0.2, -0.15) is 0 Å². The third-order valence-corrected chi connectivity index (χ3v) is 2.59. The molecule has 2 rings (SSSR count). The van der Waals surface area contributed by atoms with Crippen LogP contribution in [0.4, 0.5) is 4.39 Å². The summed E-state index contributed by atoms with van der Waals surface area (Å²) < 4.78 is 13.1. The summed E-state index contributed by atoms with van der Waals surface area (Å²) in [5, 5.41) is 0. The van der Waals surface area contributed by atoms with E-state index in [-0.39, 0.29) is 11.7 Å². The zero-order valence-corrected chi connectivity index (χ0v) is 9.60. The van der Waals surface area contributed by atoms with E-state index < -0.39 is 0 Å². The first-order valence-corrected chi connectivity index (χ1v) is 5.49. The minimum absolute atomic E-state index is 0.100. The summed E-state index contributed by atoms with van der Waals surface area (Å²) in [4.78, 5) is 8.57. The molecule has 0 saturated carbocycles. The Morgan fingerprint density at radius 1 is 1.35 bits per heavy atom. The third kappa shape index (κ3) is 2.65. The zero-order chi connectivity index (χ0) is 12.3. The van der Waals surface area contributed by atoms with Crippen molar-refractivity contribution in [1.29, 1.82) is 0 Å². The van der Waals surface area contributed by atoms with Crippen LogP contribution >= 0.6 is 0 Å². The van der Waals surface area contributed by atoms with Crippen molar-refractivity contribution in [2.45, 2.75) is 12.8 Å². The second-order valence-corrected chi connectivity index (χ2v) is 3.95. The number of rotatable bonds is 3. The van der Waals surface area contributed by atoms with Crippen LogP contribution in [0, 0.1) is 5.82 Å². The molecule has 1 aromatic heterocycles. The van der Waals surface area contributed by atoms with Gasteiger partial charge in [0.2, 0.25) is 0 Å². The van der Waals surface area contributed by atoms with Gasteiger partial charge in [0, 0.05) is 24.2 Å². The van der Waals surface area contributed by atoms with Crippen molar-refractivity contribution >= 4 is 0 Å². The second kappa shape index (κ2) is 5.01. The van der Waals surface area contributed by atoms with Gasteiger partial charge >= 0.3 is 0 Å². The van der Waals surface area contributed by atoms with Gasteiger partial charge in [0.15, 0.2) is 0 Å². The molecule has 1 unspecified atom stereocenters. The van der Waals surface area contributed by atoms with Crippen LogP contribution in [0.1, 0.15) is 18.7 Å². The molecule has 0 fully saturated rings. The summed E-state index contributed by atoms with van der Waals surface area (Å²) in [6.45, 7) is 2.46. The van der Waals surface area contributed by atoms with E-state index >= 15 is 0 Å². The Labute approximate surface area is 99.5 Å².